The summed E-state index contributed by atoms with van der Waals surface area (Å²) >= 11 is 0. The summed E-state index contributed by atoms with van der Waals surface area (Å²) in [6.45, 7) is 3.64. The van der Waals surface area contributed by atoms with Crippen LogP contribution < -0.4 is 11.1 Å². The van der Waals surface area contributed by atoms with Crippen molar-refractivity contribution >= 4 is 11.6 Å². The van der Waals surface area contributed by atoms with Crippen molar-refractivity contribution in [3.8, 4) is 0 Å². The van der Waals surface area contributed by atoms with E-state index in [9.17, 15) is 4.79 Å². The summed E-state index contributed by atoms with van der Waals surface area (Å²) in [7, 11) is 0. The predicted molar refractivity (Wildman–Crippen MR) is 55.9 cm³/mol. The van der Waals surface area contributed by atoms with Crippen LogP contribution in [-0.2, 0) is 11.2 Å². The van der Waals surface area contributed by atoms with Gasteiger partial charge in [-0.05, 0) is 17.2 Å². The zero-order valence-corrected chi connectivity index (χ0v) is 7.79. The van der Waals surface area contributed by atoms with Crippen molar-refractivity contribution in [1.29, 1.82) is 0 Å². The minimum absolute atomic E-state index is 0.0457. The van der Waals surface area contributed by atoms with Crippen LogP contribution in [0.25, 0.3) is 0 Å². The number of anilines is 1. The fourth-order valence-corrected chi connectivity index (χ4v) is 1.59. The van der Waals surface area contributed by atoms with Crippen molar-refractivity contribution < 1.29 is 4.79 Å². The lowest BCUT2D eigenvalue weighted by Crippen LogP contribution is -2.06. The lowest BCUT2D eigenvalue weighted by atomic mass is 10.0. The Labute approximate surface area is 82.6 Å². The summed E-state index contributed by atoms with van der Waals surface area (Å²) in [6, 6.07) is 5.60. The summed E-state index contributed by atoms with van der Waals surface area (Å²) in [5.74, 6) is 0.0457. The molecule has 1 heterocycles. The van der Waals surface area contributed by atoms with Gasteiger partial charge < -0.3 is 11.1 Å². The number of amides is 1. The first-order valence-electron chi connectivity index (χ1n) is 4.51. The molecule has 14 heavy (non-hydrogen) atoms. The van der Waals surface area contributed by atoms with Gasteiger partial charge in [-0.1, -0.05) is 18.2 Å². The zero-order valence-electron chi connectivity index (χ0n) is 7.79. The maximum absolute atomic E-state index is 11.1. The number of carbonyl (C=O) groups is 1. The van der Waals surface area contributed by atoms with Crippen LogP contribution in [0.3, 0.4) is 0 Å². The Bertz CT molecular complexity index is 398. The van der Waals surface area contributed by atoms with Crippen LogP contribution >= 0.6 is 0 Å². The highest BCUT2D eigenvalue weighted by Crippen LogP contribution is 2.25. The first-order valence-corrected chi connectivity index (χ1v) is 4.51. The third kappa shape index (κ3) is 1.42. The van der Waals surface area contributed by atoms with Crippen LogP contribution in [0.1, 0.15) is 17.2 Å². The summed E-state index contributed by atoms with van der Waals surface area (Å²) in [5.41, 5.74) is 8.71. The highest BCUT2D eigenvalue weighted by Gasteiger charge is 2.17. The van der Waals surface area contributed by atoms with Crippen LogP contribution in [0.5, 0.6) is 0 Å². The fourth-order valence-electron chi connectivity index (χ4n) is 1.59. The van der Waals surface area contributed by atoms with Crippen LogP contribution in [0, 0.1) is 0 Å². The third-order valence-electron chi connectivity index (χ3n) is 2.39. The molecule has 0 saturated carbocycles. The molecule has 1 aromatic carbocycles. The number of hydrogen-bond acceptors (Lipinski definition) is 2. The Kier molecular flexibility index (Phi) is 2.09. The van der Waals surface area contributed by atoms with E-state index in [2.05, 4.69) is 11.9 Å². The van der Waals surface area contributed by atoms with E-state index in [1.807, 2.05) is 18.2 Å². The molecule has 1 amide bonds. The normalized spacial score (nSPS) is 15.9. The number of benzene rings is 1. The molecule has 0 radical (unpaired) electrons. The third-order valence-corrected chi connectivity index (χ3v) is 2.39. The molecule has 3 nitrogen and oxygen atoms in total. The van der Waals surface area contributed by atoms with Gasteiger partial charge in [0.05, 0.1) is 6.42 Å². The minimum Gasteiger partial charge on any atom is -0.326 e. The molecule has 0 bridgehead atoms. The first-order chi connectivity index (χ1) is 6.70. The average Bonchev–Trinajstić information content (AvgIpc) is 2.55. The van der Waals surface area contributed by atoms with Gasteiger partial charge in [-0.25, -0.2) is 0 Å². The molecule has 1 aromatic rings. The monoisotopic (exact) mass is 188 g/mol. The highest BCUT2D eigenvalue weighted by atomic mass is 16.1. The number of fused-ring (bicyclic) bond motifs is 1. The smallest absolute Gasteiger partial charge is 0.228 e. The molecule has 0 spiro atoms. The quantitative estimate of drug-likeness (QED) is 0.689. The van der Waals surface area contributed by atoms with Gasteiger partial charge in [-0.2, -0.15) is 0 Å². The standard InChI is InChI=1S/C11H12N2O/c1-2-9(12)7-3-4-10-8(5-7)6-11(14)13-10/h2-5,9H,1,6,12H2,(H,13,14). The van der Waals surface area contributed by atoms with Crippen LogP contribution in [0.4, 0.5) is 5.69 Å². The number of nitrogens with two attached hydrogens (primary N) is 1. The fraction of sp³-hybridized carbons (Fsp3) is 0.182. The number of nitrogens with one attached hydrogen (secondary N) is 1. The first kappa shape index (κ1) is 8.97. The molecule has 0 saturated heterocycles. The molecule has 72 valence electrons. The van der Waals surface area contributed by atoms with Crippen molar-refractivity contribution in [2.24, 2.45) is 5.73 Å². The topological polar surface area (TPSA) is 55.1 Å². The number of rotatable bonds is 2. The number of carbonyl (C=O) groups excluding carboxylic acids is 1. The Hall–Kier alpha value is -1.61. The predicted octanol–water partition coefficient (Wildman–Crippen LogP) is 1.37. The molecule has 0 aliphatic carbocycles. The second-order valence-electron chi connectivity index (χ2n) is 3.40. The van der Waals surface area contributed by atoms with Gasteiger partial charge in [0, 0.05) is 11.7 Å². The van der Waals surface area contributed by atoms with Crippen molar-refractivity contribution in [3.63, 3.8) is 0 Å². The van der Waals surface area contributed by atoms with Gasteiger partial charge >= 0.3 is 0 Å². The largest absolute Gasteiger partial charge is 0.326 e. The van der Waals surface area contributed by atoms with E-state index in [0.29, 0.717) is 6.42 Å². The van der Waals surface area contributed by atoms with Crippen molar-refractivity contribution in [1.82, 2.24) is 0 Å². The molecule has 3 heteroatoms. The molecular weight excluding hydrogens is 176 g/mol. The number of hydrogen-bond donors (Lipinski definition) is 2. The summed E-state index contributed by atoms with van der Waals surface area (Å²) in [5, 5.41) is 2.78. The van der Waals surface area contributed by atoms with Crippen LogP contribution in [0.2, 0.25) is 0 Å². The van der Waals surface area contributed by atoms with Crippen LogP contribution in [0.15, 0.2) is 30.9 Å². The van der Waals surface area contributed by atoms with E-state index in [1.54, 1.807) is 6.08 Å². The average molecular weight is 188 g/mol. The van der Waals surface area contributed by atoms with Gasteiger partial charge in [0.2, 0.25) is 5.91 Å². The minimum atomic E-state index is -0.156. The van der Waals surface area contributed by atoms with E-state index in [0.717, 1.165) is 16.8 Å². The summed E-state index contributed by atoms with van der Waals surface area (Å²) in [4.78, 5) is 11.1. The second kappa shape index (κ2) is 3.27. The molecular formula is C11H12N2O. The molecule has 1 unspecified atom stereocenters. The Balaban J connectivity index is 2.37. The lowest BCUT2D eigenvalue weighted by Gasteiger charge is -2.07. The van der Waals surface area contributed by atoms with Crippen molar-refractivity contribution in [2.45, 2.75) is 12.5 Å². The highest BCUT2D eigenvalue weighted by molar-refractivity contribution is 5.99. The molecule has 3 N–H and O–H groups in total. The molecule has 1 aliphatic rings. The molecule has 1 aliphatic heterocycles. The van der Waals surface area contributed by atoms with E-state index >= 15 is 0 Å². The van der Waals surface area contributed by atoms with Gasteiger partial charge in [-0.3, -0.25) is 4.79 Å². The lowest BCUT2D eigenvalue weighted by molar-refractivity contribution is -0.115. The summed E-state index contributed by atoms with van der Waals surface area (Å²) in [6.07, 6.45) is 2.14. The van der Waals surface area contributed by atoms with Gasteiger partial charge in [-0.15, -0.1) is 6.58 Å². The van der Waals surface area contributed by atoms with E-state index in [1.165, 1.54) is 0 Å². The second-order valence-corrected chi connectivity index (χ2v) is 3.40. The Morgan fingerprint density at radius 3 is 3.07 bits per heavy atom. The molecule has 0 fully saturated rings. The molecule has 0 aromatic heterocycles. The Morgan fingerprint density at radius 1 is 1.57 bits per heavy atom. The van der Waals surface area contributed by atoms with Gasteiger partial charge in [0.15, 0.2) is 0 Å². The summed E-state index contributed by atoms with van der Waals surface area (Å²) < 4.78 is 0. The maximum atomic E-state index is 11.1. The zero-order chi connectivity index (χ0) is 10.1. The van der Waals surface area contributed by atoms with Crippen molar-refractivity contribution in [3.05, 3.63) is 42.0 Å². The molecule has 2 rings (SSSR count). The maximum Gasteiger partial charge on any atom is 0.228 e. The van der Waals surface area contributed by atoms with E-state index < -0.39 is 0 Å². The van der Waals surface area contributed by atoms with Gasteiger partial charge in [0.25, 0.3) is 0 Å². The van der Waals surface area contributed by atoms with E-state index in [4.69, 9.17) is 5.73 Å². The van der Waals surface area contributed by atoms with Crippen LogP contribution in [-0.4, -0.2) is 5.91 Å². The Morgan fingerprint density at radius 2 is 2.36 bits per heavy atom. The van der Waals surface area contributed by atoms with E-state index in [-0.39, 0.29) is 11.9 Å². The van der Waals surface area contributed by atoms with Gasteiger partial charge in [0.1, 0.15) is 0 Å². The molecule has 1 atom stereocenters. The van der Waals surface area contributed by atoms with Crippen molar-refractivity contribution in [2.75, 3.05) is 5.32 Å². The SMILES string of the molecule is C=CC(N)c1ccc2c(c1)CC(=O)N2.